The zero-order valence-corrected chi connectivity index (χ0v) is 15.3. The third kappa shape index (κ3) is 2.45. The van der Waals surface area contributed by atoms with E-state index < -0.39 is 0 Å². The highest BCUT2D eigenvalue weighted by Crippen LogP contribution is 2.60. The molecule has 0 N–H and O–H groups in total. The molecular formula is C20H22BrFN2. The van der Waals surface area contributed by atoms with Crippen LogP contribution in [0, 0.1) is 23.6 Å². The molecule has 4 heteroatoms. The summed E-state index contributed by atoms with van der Waals surface area (Å²) < 4.78 is 16.8. The molecule has 0 unspecified atom stereocenters. The molecule has 0 spiro atoms. The lowest BCUT2D eigenvalue weighted by atomic mass is 9.49. The van der Waals surface area contributed by atoms with Gasteiger partial charge in [-0.3, -0.25) is 0 Å². The van der Waals surface area contributed by atoms with Crippen molar-refractivity contribution < 1.29 is 4.39 Å². The Morgan fingerprint density at radius 2 is 1.75 bits per heavy atom. The minimum absolute atomic E-state index is 0.184. The fourth-order valence-corrected chi connectivity index (χ4v) is 6.69. The summed E-state index contributed by atoms with van der Waals surface area (Å²) in [6.07, 6.45) is 12.3. The van der Waals surface area contributed by atoms with Crippen LogP contribution in [-0.2, 0) is 12.0 Å². The molecule has 4 aliphatic carbocycles. The molecule has 2 nitrogen and oxygen atoms in total. The van der Waals surface area contributed by atoms with E-state index in [9.17, 15) is 4.39 Å². The van der Waals surface area contributed by atoms with Crippen LogP contribution in [-0.4, -0.2) is 9.55 Å². The summed E-state index contributed by atoms with van der Waals surface area (Å²) in [6, 6.07) is 5.15. The second-order valence-corrected chi connectivity index (χ2v) is 9.27. The number of hydrogen-bond acceptors (Lipinski definition) is 1. The normalized spacial score (nSPS) is 34.0. The largest absolute Gasteiger partial charge is 0.330 e. The van der Waals surface area contributed by atoms with Crippen molar-refractivity contribution >= 4 is 15.9 Å². The molecule has 0 atom stereocenters. The topological polar surface area (TPSA) is 17.8 Å². The maximum Gasteiger partial charge on any atom is 0.124 e. The monoisotopic (exact) mass is 388 g/mol. The van der Waals surface area contributed by atoms with Crippen molar-refractivity contribution in [1.82, 2.24) is 9.55 Å². The molecule has 0 saturated heterocycles. The third-order valence-corrected chi connectivity index (χ3v) is 6.96. The average molecular weight is 389 g/mol. The predicted molar refractivity (Wildman–Crippen MR) is 95.3 cm³/mol. The van der Waals surface area contributed by atoms with E-state index in [2.05, 4.69) is 26.7 Å². The van der Waals surface area contributed by atoms with E-state index >= 15 is 0 Å². The average Bonchev–Trinajstić information content (AvgIpc) is 2.93. The SMILES string of the molecule is Fc1cc(Br)cc(Cn2ccnc2C23CC4CC(CC(C4)C2)C3)c1. The van der Waals surface area contributed by atoms with Crippen molar-refractivity contribution in [2.75, 3.05) is 0 Å². The quantitative estimate of drug-likeness (QED) is 0.697. The number of imidazole rings is 1. The van der Waals surface area contributed by atoms with E-state index in [1.54, 1.807) is 6.07 Å². The van der Waals surface area contributed by atoms with Gasteiger partial charge in [-0.15, -0.1) is 0 Å². The zero-order chi connectivity index (χ0) is 16.3. The van der Waals surface area contributed by atoms with Crippen LogP contribution in [0.15, 0.2) is 35.1 Å². The predicted octanol–water partition coefficient (Wildman–Crippen LogP) is 5.30. The molecule has 2 aromatic rings. The second-order valence-electron chi connectivity index (χ2n) is 8.35. The molecule has 4 fully saturated rings. The minimum Gasteiger partial charge on any atom is -0.330 e. The van der Waals surface area contributed by atoms with Gasteiger partial charge in [0.1, 0.15) is 11.6 Å². The van der Waals surface area contributed by atoms with Crippen molar-refractivity contribution in [1.29, 1.82) is 0 Å². The van der Waals surface area contributed by atoms with Crippen molar-refractivity contribution in [3.63, 3.8) is 0 Å². The fraction of sp³-hybridized carbons (Fsp3) is 0.550. The molecule has 4 aliphatic rings. The first kappa shape index (κ1) is 15.1. The smallest absolute Gasteiger partial charge is 0.124 e. The van der Waals surface area contributed by atoms with Crippen LogP contribution in [0.2, 0.25) is 0 Å². The molecule has 1 aromatic heterocycles. The molecule has 0 amide bonds. The van der Waals surface area contributed by atoms with Crippen LogP contribution in [0.25, 0.3) is 0 Å². The van der Waals surface area contributed by atoms with Gasteiger partial charge in [0.2, 0.25) is 0 Å². The minimum atomic E-state index is -0.184. The van der Waals surface area contributed by atoms with E-state index in [0.29, 0.717) is 6.54 Å². The molecule has 4 saturated carbocycles. The molecule has 0 aliphatic heterocycles. The van der Waals surface area contributed by atoms with Crippen LogP contribution in [0.5, 0.6) is 0 Å². The molecule has 1 aromatic carbocycles. The zero-order valence-electron chi connectivity index (χ0n) is 13.7. The summed E-state index contributed by atoms with van der Waals surface area (Å²) in [5.74, 6) is 3.79. The number of halogens is 2. The van der Waals surface area contributed by atoms with E-state index in [-0.39, 0.29) is 11.2 Å². The van der Waals surface area contributed by atoms with Gasteiger partial charge in [-0.2, -0.15) is 0 Å². The van der Waals surface area contributed by atoms with Crippen LogP contribution in [0.4, 0.5) is 4.39 Å². The van der Waals surface area contributed by atoms with Gasteiger partial charge in [0.15, 0.2) is 0 Å². The molecule has 6 rings (SSSR count). The van der Waals surface area contributed by atoms with Gasteiger partial charge >= 0.3 is 0 Å². The number of rotatable bonds is 3. The third-order valence-electron chi connectivity index (χ3n) is 6.50. The lowest BCUT2D eigenvalue weighted by Gasteiger charge is -2.56. The van der Waals surface area contributed by atoms with E-state index in [0.717, 1.165) is 27.8 Å². The Kier molecular flexibility index (Phi) is 3.41. The first-order valence-corrected chi connectivity index (χ1v) is 9.85. The number of hydrogen-bond donors (Lipinski definition) is 0. The van der Waals surface area contributed by atoms with E-state index in [4.69, 9.17) is 4.98 Å². The number of aromatic nitrogens is 2. The molecule has 0 radical (unpaired) electrons. The maximum absolute atomic E-state index is 13.7. The maximum atomic E-state index is 13.7. The van der Waals surface area contributed by atoms with Gasteiger partial charge in [-0.1, -0.05) is 15.9 Å². The molecular weight excluding hydrogens is 367 g/mol. The van der Waals surface area contributed by atoms with Crippen molar-refractivity contribution in [2.45, 2.75) is 50.5 Å². The number of nitrogens with zero attached hydrogens (tertiary/aromatic N) is 2. The summed E-state index contributed by atoms with van der Waals surface area (Å²) in [6.45, 7) is 0.702. The first-order chi connectivity index (χ1) is 11.6. The Morgan fingerprint density at radius 3 is 2.38 bits per heavy atom. The highest BCUT2D eigenvalue weighted by atomic mass is 79.9. The van der Waals surface area contributed by atoms with Gasteiger partial charge in [-0.25, -0.2) is 9.37 Å². The van der Waals surface area contributed by atoms with Crippen LogP contribution < -0.4 is 0 Å². The Balaban J connectivity index is 1.49. The first-order valence-electron chi connectivity index (χ1n) is 9.06. The van der Waals surface area contributed by atoms with Crippen molar-refractivity contribution in [3.8, 4) is 0 Å². The Bertz CT molecular complexity index is 726. The van der Waals surface area contributed by atoms with Crippen LogP contribution in [0.1, 0.15) is 49.9 Å². The Labute approximate surface area is 150 Å². The van der Waals surface area contributed by atoms with Gasteiger partial charge in [0, 0.05) is 28.8 Å². The summed E-state index contributed by atoms with van der Waals surface area (Å²) >= 11 is 3.40. The van der Waals surface area contributed by atoms with Gasteiger partial charge < -0.3 is 4.57 Å². The fourth-order valence-electron chi connectivity index (χ4n) is 6.18. The standard InChI is InChI=1S/C20H22BrFN2/c21-17-6-16(7-18(22)8-17)12-24-2-1-23-19(24)20-9-13-3-14(10-20)5-15(4-13)11-20/h1-2,6-8,13-15H,3-5,9-12H2. The summed E-state index contributed by atoms with van der Waals surface area (Å²) in [5.41, 5.74) is 1.27. The Morgan fingerprint density at radius 1 is 1.08 bits per heavy atom. The molecule has 126 valence electrons. The highest BCUT2D eigenvalue weighted by molar-refractivity contribution is 9.10. The van der Waals surface area contributed by atoms with Crippen LogP contribution >= 0.6 is 15.9 Å². The van der Waals surface area contributed by atoms with Crippen LogP contribution in [0.3, 0.4) is 0 Å². The summed E-state index contributed by atoms with van der Waals surface area (Å²) in [7, 11) is 0. The number of benzene rings is 1. The Hall–Kier alpha value is -1.16. The second kappa shape index (κ2) is 5.42. The van der Waals surface area contributed by atoms with Gasteiger partial charge in [-0.05, 0) is 80.0 Å². The lowest BCUT2D eigenvalue weighted by Crippen LogP contribution is -2.49. The van der Waals surface area contributed by atoms with E-state index in [1.807, 2.05) is 12.3 Å². The lowest BCUT2D eigenvalue weighted by molar-refractivity contribution is -0.0108. The van der Waals surface area contributed by atoms with Crippen molar-refractivity contribution in [2.24, 2.45) is 17.8 Å². The molecule has 1 heterocycles. The highest BCUT2D eigenvalue weighted by Gasteiger charge is 2.53. The summed E-state index contributed by atoms with van der Waals surface area (Å²) in [4.78, 5) is 4.80. The van der Waals surface area contributed by atoms with Gasteiger partial charge in [0.05, 0.1) is 0 Å². The van der Waals surface area contributed by atoms with Gasteiger partial charge in [0.25, 0.3) is 0 Å². The summed E-state index contributed by atoms with van der Waals surface area (Å²) in [5, 5.41) is 0. The molecule has 24 heavy (non-hydrogen) atoms. The van der Waals surface area contributed by atoms with Crippen molar-refractivity contribution in [3.05, 3.63) is 52.3 Å². The van der Waals surface area contributed by atoms with E-state index in [1.165, 1.54) is 50.4 Å². The molecule has 4 bridgehead atoms.